The van der Waals surface area contributed by atoms with Gasteiger partial charge in [0.25, 0.3) is 0 Å². The van der Waals surface area contributed by atoms with Gasteiger partial charge in [-0.25, -0.2) is 0 Å². The van der Waals surface area contributed by atoms with E-state index in [4.69, 9.17) is 14.2 Å². The summed E-state index contributed by atoms with van der Waals surface area (Å²) in [6, 6.07) is 0. The molecule has 92 valence electrons. The smallest absolute Gasteiger partial charge is 0.169 e. The number of hydrogen-bond acceptors (Lipinski definition) is 3. The highest BCUT2D eigenvalue weighted by molar-refractivity contribution is 4.83. The van der Waals surface area contributed by atoms with Crippen molar-refractivity contribution in [1.82, 2.24) is 0 Å². The highest BCUT2D eigenvalue weighted by Crippen LogP contribution is 2.38. The molecule has 1 spiro atoms. The Morgan fingerprint density at radius 2 is 1.88 bits per heavy atom. The van der Waals surface area contributed by atoms with Crippen LogP contribution in [0.3, 0.4) is 0 Å². The molecule has 0 aromatic rings. The lowest BCUT2D eigenvalue weighted by atomic mass is 10.2. The SMILES string of the molecule is C1CCC2(C1)OC[C@H](C[NH+]1CCOCC1)O2. The van der Waals surface area contributed by atoms with Gasteiger partial charge in [-0.05, 0) is 12.8 Å². The number of quaternary nitrogens is 1. The van der Waals surface area contributed by atoms with Crippen LogP contribution in [0.4, 0.5) is 0 Å². The van der Waals surface area contributed by atoms with Crippen LogP contribution in [0.5, 0.6) is 0 Å². The lowest BCUT2D eigenvalue weighted by molar-refractivity contribution is -0.910. The van der Waals surface area contributed by atoms with Gasteiger partial charge in [0.05, 0.1) is 19.8 Å². The summed E-state index contributed by atoms with van der Waals surface area (Å²) in [5.74, 6) is -0.184. The van der Waals surface area contributed by atoms with Gasteiger partial charge in [0.1, 0.15) is 25.7 Å². The number of rotatable bonds is 2. The first kappa shape index (κ1) is 11.0. The summed E-state index contributed by atoms with van der Waals surface area (Å²) in [5, 5.41) is 0. The van der Waals surface area contributed by atoms with Crippen LogP contribution in [0.1, 0.15) is 25.7 Å². The third-order valence-corrected chi connectivity index (χ3v) is 4.00. The average Bonchev–Trinajstić information content (AvgIpc) is 2.92. The van der Waals surface area contributed by atoms with E-state index in [-0.39, 0.29) is 5.79 Å². The fourth-order valence-corrected chi connectivity index (χ4v) is 3.08. The molecule has 0 unspecified atom stereocenters. The van der Waals surface area contributed by atoms with E-state index < -0.39 is 0 Å². The Labute approximate surface area is 96.8 Å². The Balaban J connectivity index is 1.49. The van der Waals surface area contributed by atoms with E-state index in [1.165, 1.54) is 12.8 Å². The fourth-order valence-electron chi connectivity index (χ4n) is 3.08. The van der Waals surface area contributed by atoms with E-state index in [1.54, 1.807) is 4.90 Å². The van der Waals surface area contributed by atoms with E-state index in [2.05, 4.69) is 0 Å². The van der Waals surface area contributed by atoms with Gasteiger partial charge in [-0.15, -0.1) is 0 Å². The molecule has 4 heteroatoms. The Morgan fingerprint density at radius 1 is 1.12 bits per heavy atom. The Hall–Kier alpha value is -0.160. The number of ether oxygens (including phenoxy) is 3. The van der Waals surface area contributed by atoms with Crippen molar-refractivity contribution in [3.05, 3.63) is 0 Å². The summed E-state index contributed by atoms with van der Waals surface area (Å²) in [6.07, 6.45) is 5.03. The van der Waals surface area contributed by atoms with E-state index in [0.717, 1.165) is 52.3 Å². The van der Waals surface area contributed by atoms with Crippen molar-refractivity contribution >= 4 is 0 Å². The zero-order valence-corrected chi connectivity index (χ0v) is 9.87. The second-order valence-electron chi connectivity index (χ2n) is 5.24. The normalized spacial score (nSPS) is 34.9. The fraction of sp³-hybridized carbons (Fsp3) is 1.00. The summed E-state index contributed by atoms with van der Waals surface area (Å²) >= 11 is 0. The van der Waals surface area contributed by atoms with Gasteiger partial charge in [0.15, 0.2) is 5.79 Å². The molecule has 3 rings (SSSR count). The van der Waals surface area contributed by atoms with E-state index in [9.17, 15) is 0 Å². The maximum Gasteiger partial charge on any atom is 0.169 e. The lowest BCUT2D eigenvalue weighted by Crippen LogP contribution is -3.15. The zero-order chi connectivity index (χ0) is 10.8. The number of morpholine rings is 1. The van der Waals surface area contributed by atoms with Crippen LogP contribution in [-0.4, -0.2) is 51.3 Å². The van der Waals surface area contributed by atoms with Crippen molar-refractivity contribution in [3.8, 4) is 0 Å². The topological polar surface area (TPSA) is 32.1 Å². The Morgan fingerprint density at radius 3 is 2.62 bits per heavy atom. The molecule has 1 aliphatic carbocycles. The summed E-state index contributed by atoms with van der Waals surface area (Å²) in [7, 11) is 0. The maximum absolute atomic E-state index is 6.13. The molecule has 0 bridgehead atoms. The molecular formula is C12H22NO3+. The molecule has 1 atom stereocenters. The molecular weight excluding hydrogens is 206 g/mol. The van der Waals surface area contributed by atoms with Crippen molar-refractivity contribution < 1.29 is 19.1 Å². The van der Waals surface area contributed by atoms with E-state index in [1.807, 2.05) is 0 Å². The standard InChI is InChI=1S/C12H21NO3/c1-2-4-12(3-1)15-10-11(16-12)9-13-5-7-14-8-6-13/h11H,1-10H2/p+1/t11-/m0/s1. The van der Waals surface area contributed by atoms with Gasteiger partial charge in [-0.3, -0.25) is 0 Å². The second kappa shape index (κ2) is 4.61. The molecule has 0 amide bonds. The molecule has 3 aliphatic rings. The summed E-state index contributed by atoms with van der Waals surface area (Å²) in [5.41, 5.74) is 0. The van der Waals surface area contributed by atoms with Crippen LogP contribution in [0.25, 0.3) is 0 Å². The van der Waals surface area contributed by atoms with Gasteiger partial charge in [0.2, 0.25) is 0 Å². The first-order valence-electron chi connectivity index (χ1n) is 6.59. The molecule has 2 heterocycles. The summed E-state index contributed by atoms with van der Waals surface area (Å²) < 4.78 is 17.4. The molecule has 2 aliphatic heterocycles. The average molecular weight is 228 g/mol. The van der Waals surface area contributed by atoms with Crippen molar-refractivity contribution in [1.29, 1.82) is 0 Å². The minimum absolute atomic E-state index is 0.184. The van der Waals surface area contributed by atoms with Gasteiger partial charge >= 0.3 is 0 Å². The van der Waals surface area contributed by atoms with E-state index in [0.29, 0.717) is 6.10 Å². The largest absolute Gasteiger partial charge is 0.370 e. The van der Waals surface area contributed by atoms with Crippen molar-refractivity contribution in [2.24, 2.45) is 0 Å². The van der Waals surface area contributed by atoms with Crippen LogP contribution in [0, 0.1) is 0 Å². The van der Waals surface area contributed by atoms with Crippen LogP contribution in [-0.2, 0) is 14.2 Å². The summed E-state index contributed by atoms with van der Waals surface area (Å²) in [4.78, 5) is 1.61. The maximum atomic E-state index is 6.13. The van der Waals surface area contributed by atoms with Gasteiger partial charge in [0, 0.05) is 12.8 Å². The molecule has 2 saturated heterocycles. The molecule has 16 heavy (non-hydrogen) atoms. The van der Waals surface area contributed by atoms with Crippen molar-refractivity contribution in [3.63, 3.8) is 0 Å². The molecule has 4 nitrogen and oxygen atoms in total. The number of hydrogen-bond donors (Lipinski definition) is 1. The highest BCUT2D eigenvalue weighted by Gasteiger charge is 2.44. The van der Waals surface area contributed by atoms with Gasteiger partial charge in [-0.2, -0.15) is 0 Å². The summed E-state index contributed by atoms with van der Waals surface area (Å²) in [6.45, 7) is 5.91. The predicted octanol–water partition coefficient (Wildman–Crippen LogP) is -0.413. The first-order valence-corrected chi connectivity index (χ1v) is 6.59. The zero-order valence-electron chi connectivity index (χ0n) is 9.87. The Kier molecular flexibility index (Phi) is 3.16. The monoisotopic (exact) mass is 228 g/mol. The molecule has 1 saturated carbocycles. The number of nitrogens with one attached hydrogen (secondary N) is 1. The van der Waals surface area contributed by atoms with Crippen LogP contribution in [0.15, 0.2) is 0 Å². The first-order chi connectivity index (χ1) is 7.86. The molecule has 1 N–H and O–H groups in total. The lowest BCUT2D eigenvalue weighted by Gasteiger charge is -2.26. The minimum atomic E-state index is -0.184. The van der Waals surface area contributed by atoms with Crippen LogP contribution >= 0.6 is 0 Å². The van der Waals surface area contributed by atoms with E-state index >= 15 is 0 Å². The highest BCUT2D eigenvalue weighted by atomic mass is 16.7. The molecule has 3 fully saturated rings. The molecule has 0 aromatic carbocycles. The second-order valence-corrected chi connectivity index (χ2v) is 5.24. The molecule has 0 radical (unpaired) electrons. The quantitative estimate of drug-likeness (QED) is 0.697. The van der Waals surface area contributed by atoms with Crippen molar-refractivity contribution in [2.75, 3.05) is 39.5 Å². The van der Waals surface area contributed by atoms with Crippen LogP contribution in [0.2, 0.25) is 0 Å². The third-order valence-electron chi connectivity index (χ3n) is 4.00. The van der Waals surface area contributed by atoms with Gasteiger partial charge < -0.3 is 19.1 Å². The van der Waals surface area contributed by atoms with Crippen LogP contribution < -0.4 is 4.90 Å². The third kappa shape index (κ3) is 2.25. The predicted molar refractivity (Wildman–Crippen MR) is 58.4 cm³/mol. The molecule has 0 aromatic heterocycles. The Bertz CT molecular complexity index is 234. The minimum Gasteiger partial charge on any atom is -0.370 e. The van der Waals surface area contributed by atoms with Crippen molar-refractivity contribution in [2.45, 2.75) is 37.6 Å². The van der Waals surface area contributed by atoms with Gasteiger partial charge in [-0.1, -0.05) is 0 Å².